The fraction of sp³-hybridized carbons (Fsp3) is 0.111. The van der Waals surface area contributed by atoms with Gasteiger partial charge in [0, 0.05) is 16.8 Å². The van der Waals surface area contributed by atoms with Crippen molar-refractivity contribution in [2.45, 2.75) is 12.5 Å². The van der Waals surface area contributed by atoms with Crippen LogP contribution in [0.3, 0.4) is 0 Å². The van der Waals surface area contributed by atoms with Crippen LogP contribution in [0.5, 0.6) is 0 Å². The third kappa shape index (κ3) is 2.92. The van der Waals surface area contributed by atoms with Crippen LogP contribution in [0.15, 0.2) is 60.7 Å². The maximum atomic E-state index is 13.2. The Labute approximate surface area is 127 Å². The SMILES string of the molecule is OC(Cc1cccc(F)c1)c1ccc(Cl)c2ccccc12. The Morgan fingerprint density at radius 3 is 2.48 bits per heavy atom. The Balaban J connectivity index is 1.98. The molecule has 0 bridgehead atoms. The standard InChI is InChI=1S/C18H14ClFO/c19-17-9-8-16(14-6-1-2-7-15(14)17)18(21)11-12-4-3-5-13(20)10-12/h1-10,18,21H,11H2. The molecular weight excluding hydrogens is 287 g/mol. The van der Waals surface area contributed by atoms with Gasteiger partial charge in [-0.15, -0.1) is 0 Å². The molecule has 0 heterocycles. The molecule has 21 heavy (non-hydrogen) atoms. The van der Waals surface area contributed by atoms with Crippen molar-refractivity contribution in [3.63, 3.8) is 0 Å². The number of aliphatic hydroxyl groups is 1. The molecule has 0 aromatic heterocycles. The molecule has 106 valence electrons. The van der Waals surface area contributed by atoms with Crippen molar-refractivity contribution in [3.8, 4) is 0 Å². The zero-order valence-electron chi connectivity index (χ0n) is 11.3. The summed E-state index contributed by atoms with van der Waals surface area (Å²) in [7, 11) is 0. The molecule has 3 heteroatoms. The van der Waals surface area contributed by atoms with E-state index in [0.29, 0.717) is 11.4 Å². The maximum absolute atomic E-state index is 13.2. The lowest BCUT2D eigenvalue weighted by molar-refractivity contribution is 0.180. The predicted octanol–water partition coefficient (Wildman–Crippen LogP) is 4.91. The molecular formula is C18H14ClFO. The van der Waals surface area contributed by atoms with Gasteiger partial charge in [0.05, 0.1) is 6.10 Å². The van der Waals surface area contributed by atoms with Crippen LogP contribution < -0.4 is 0 Å². The highest BCUT2D eigenvalue weighted by Crippen LogP contribution is 2.31. The van der Waals surface area contributed by atoms with E-state index >= 15 is 0 Å². The van der Waals surface area contributed by atoms with Crippen LogP contribution >= 0.6 is 11.6 Å². The summed E-state index contributed by atoms with van der Waals surface area (Å²) in [5, 5.41) is 13.0. The molecule has 1 atom stereocenters. The number of benzene rings is 3. The van der Waals surface area contributed by atoms with Crippen molar-refractivity contribution in [2.75, 3.05) is 0 Å². The summed E-state index contributed by atoms with van der Waals surface area (Å²) in [5.74, 6) is -0.291. The number of aliphatic hydroxyl groups excluding tert-OH is 1. The van der Waals surface area contributed by atoms with E-state index < -0.39 is 6.10 Å². The molecule has 0 fully saturated rings. The molecule has 1 unspecified atom stereocenters. The zero-order valence-corrected chi connectivity index (χ0v) is 12.0. The number of hydrogen-bond donors (Lipinski definition) is 1. The molecule has 0 amide bonds. The van der Waals surface area contributed by atoms with Crippen LogP contribution in [0.4, 0.5) is 4.39 Å². The first-order valence-electron chi connectivity index (χ1n) is 6.75. The Kier molecular flexibility index (Phi) is 3.91. The van der Waals surface area contributed by atoms with Gasteiger partial charge in [-0.05, 0) is 34.7 Å². The third-order valence-corrected chi connectivity index (χ3v) is 3.91. The van der Waals surface area contributed by atoms with Gasteiger partial charge < -0.3 is 5.11 Å². The minimum absolute atomic E-state index is 0.291. The quantitative estimate of drug-likeness (QED) is 0.729. The van der Waals surface area contributed by atoms with Gasteiger partial charge in [0.15, 0.2) is 0 Å². The van der Waals surface area contributed by atoms with E-state index in [-0.39, 0.29) is 5.82 Å². The first-order chi connectivity index (χ1) is 10.1. The first-order valence-corrected chi connectivity index (χ1v) is 7.12. The van der Waals surface area contributed by atoms with Gasteiger partial charge in [-0.3, -0.25) is 0 Å². The predicted molar refractivity (Wildman–Crippen MR) is 84.0 cm³/mol. The van der Waals surface area contributed by atoms with Crippen LogP contribution in [0.2, 0.25) is 5.02 Å². The van der Waals surface area contributed by atoms with Crippen LogP contribution in [0, 0.1) is 5.82 Å². The molecule has 0 aliphatic rings. The topological polar surface area (TPSA) is 20.2 Å². The van der Waals surface area contributed by atoms with E-state index in [0.717, 1.165) is 21.9 Å². The zero-order chi connectivity index (χ0) is 14.8. The number of halogens is 2. The highest BCUT2D eigenvalue weighted by atomic mass is 35.5. The molecule has 3 aromatic rings. The van der Waals surface area contributed by atoms with Gasteiger partial charge in [-0.25, -0.2) is 4.39 Å². The van der Waals surface area contributed by atoms with E-state index in [9.17, 15) is 9.50 Å². The summed E-state index contributed by atoms with van der Waals surface area (Å²) in [6.45, 7) is 0. The summed E-state index contributed by atoms with van der Waals surface area (Å²) in [4.78, 5) is 0. The summed E-state index contributed by atoms with van der Waals surface area (Å²) in [6.07, 6.45) is -0.336. The van der Waals surface area contributed by atoms with Gasteiger partial charge in [0.25, 0.3) is 0 Å². The third-order valence-electron chi connectivity index (χ3n) is 3.58. The van der Waals surface area contributed by atoms with Crippen LogP contribution in [0.25, 0.3) is 10.8 Å². The largest absolute Gasteiger partial charge is 0.388 e. The van der Waals surface area contributed by atoms with Crippen LogP contribution in [0.1, 0.15) is 17.2 Å². The minimum atomic E-state index is -0.700. The average Bonchev–Trinajstić information content (AvgIpc) is 2.48. The van der Waals surface area contributed by atoms with Crippen molar-refractivity contribution >= 4 is 22.4 Å². The van der Waals surface area contributed by atoms with Crippen LogP contribution in [-0.2, 0) is 6.42 Å². The highest BCUT2D eigenvalue weighted by Gasteiger charge is 2.13. The van der Waals surface area contributed by atoms with E-state index in [1.54, 1.807) is 12.1 Å². The Morgan fingerprint density at radius 1 is 0.952 bits per heavy atom. The summed E-state index contributed by atoms with van der Waals surface area (Å²) in [6, 6.07) is 17.6. The second kappa shape index (κ2) is 5.84. The second-order valence-corrected chi connectivity index (χ2v) is 5.44. The van der Waals surface area contributed by atoms with Crippen LogP contribution in [-0.4, -0.2) is 5.11 Å². The molecule has 0 aliphatic heterocycles. The van der Waals surface area contributed by atoms with Crippen molar-refractivity contribution in [2.24, 2.45) is 0 Å². The number of hydrogen-bond acceptors (Lipinski definition) is 1. The Bertz CT molecular complexity index is 785. The molecule has 3 aromatic carbocycles. The monoisotopic (exact) mass is 300 g/mol. The number of rotatable bonds is 3. The fourth-order valence-electron chi connectivity index (χ4n) is 2.57. The molecule has 0 radical (unpaired) electrons. The lowest BCUT2D eigenvalue weighted by atomic mass is 9.96. The van der Waals surface area contributed by atoms with Gasteiger partial charge >= 0.3 is 0 Å². The maximum Gasteiger partial charge on any atom is 0.123 e. The molecule has 0 saturated heterocycles. The van der Waals surface area contributed by atoms with Crippen molar-refractivity contribution in [1.82, 2.24) is 0 Å². The molecule has 0 saturated carbocycles. The minimum Gasteiger partial charge on any atom is -0.388 e. The Hall–Kier alpha value is -1.90. The highest BCUT2D eigenvalue weighted by molar-refractivity contribution is 6.35. The van der Waals surface area contributed by atoms with E-state index in [1.807, 2.05) is 36.4 Å². The molecule has 1 nitrogen and oxygen atoms in total. The number of fused-ring (bicyclic) bond motifs is 1. The molecule has 1 N–H and O–H groups in total. The molecule has 0 aliphatic carbocycles. The van der Waals surface area contributed by atoms with Crippen molar-refractivity contribution in [3.05, 3.63) is 82.6 Å². The van der Waals surface area contributed by atoms with E-state index in [4.69, 9.17) is 11.6 Å². The van der Waals surface area contributed by atoms with E-state index in [1.165, 1.54) is 12.1 Å². The van der Waals surface area contributed by atoms with Crippen molar-refractivity contribution < 1.29 is 9.50 Å². The van der Waals surface area contributed by atoms with Gasteiger partial charge in [-0.1, -0.05) is 54.1 Å². The van der Waals surface area contributed by atoms with Gasteiger partial charge in [-0.2, -0.15) is 0 Å². The Morgan fingerprint density at radius 2 is 1.71 bits per heavy atom. The summed E-state index contributed by atoms with van der Waals surface area (Å²) < 4.78 is 13.2. The van der Waals surface area contributed by atoms with E-state index in [2.05, 4.69) is 0 Å². The lowest BCUT2D eigenvalue weighted by Crippen LogP contribution is -2.03. The van der Waals surface area contributed by atoms with Gasteiger partial charge in [0.1, 0.15) is 5.82 Å². The summed E-state index contributed by atoms with van der Waals surface area (Å²) >= 11 is 6.18. The normalized spacial score (nSPS) is 12.5. The lowest BCUT2D eigenvalue weighted by Gasteiger charge is -2.15. The molecule has 3 rings (SSSR count). The average molecular weight is 301 g/mol. The van der Waals surface area contributed by atoms with Gasteiger partial charge in [0.2, 0.25) is 0 Å². The molecule has 0 spiro atoms. The summed E-state index contributed by atoms with van der Waals surface area (Å²) in [5.41, 5.74) is 1.57. The first kappa shape index (κ1) is 14.1. The van der Waals surface area contributed by atoms with Crippen molar-refractivity contribution in [1.29, 1.82) is 0 Å². The fourth-order valence-corrected chi connectivity index (χ4v) is 2.80. The second-order valence-electron chi connectivity index (χ2n) is 5.03. The smallest absolute Gasteiger partial charge is 0.123 e.